The third kappa shape index (κ3) is 19.6. The molecule has 10 heterocycles. The normalized spacial score (nSPS) is 14.2. The molecule has 12 aromatic rings. The van der Waals surface area contributed by atoms with Crippen LogP contribution in [0.3, 0.4) is 0 Å². The standard InChI is InChI=1S/C25H25Cl2N3O4.C24H24FN3O4.C22H22ClN3O5.C20H22N4O5S/c1-4-34-25(33)21-22(17-13-15(2)5-8-20(17)28(3)24(21)32)29-9-11-30(12-10-29)23(31)16-6-7-18(26)19(27)14-16;1-3-32-24(31)20-21(18-6-4-5-7-19(18)26(2)23(20)30)27-12-14-28(15-13-27)22(29)16-8-10-17(25)11-9-16;1-3-30-22(29)18-19(15-13-14(23)6-7-16(15)24(2)21(18)28)25-8-10-26(11-9-25)20(27)17-5-4-12-31-17;1-22-15-7-4-3-6-14(15)18(17(20(22)26)21-30(2,27)28)23-9-11-24(12-10-23)19(25)16-8-5-13-29-16/h5-8,13-14H,4,9-12H2,1-3H3;4-11H,3,12-15H2,1-2H3;4-7,12-13H,3,8-11H2,1-2H3;3-8,13,21H,9-12H2,1-2H3. The Bertz CT molecular complexity index is 6610. The second-order valence-electron chi connectivity index (χ2n) is 30.3. The van der Waals surface area contributed by atoms with Crippen LogP contribution in [0.5, 0.6) is 0 Å². The molecule has 0 radical (unpaired) electrons. The van der Waals surface area contributed by atoms with E-state index in [0.29, 0.717) is 176 Å². The second-order valence-corrected chi connectivity index (χ2v) is 33.3. The van der Waals surface area contributed by atoms with Gasteiger partial charge in [0.15, 0.2) is 11.5 Å². The van der Waals surface area contributed by atoms with E-state index >= 15 is 0 Å². The molecule has 0 spiro atoms. The van der Waals surface area contributed by atoms with Crippen LogP contribution in [0.4, 0.5) is 32.8 Å². The second kappa shape index (κ2) is 39.5. The van der Waals surface area contributed by atoms with Gasteiger partial charge in [-0.1, -0.05) is 82.8 Å². The van der Waals surface area contributed by atoms with Gasteiger partial charge in [-0.2, -0.15) is 0 Å². The Hall–Kier alpha value is -13.2. The van der Waals surface area contributed by atoms with Gasteiger partial charge in [0.05, 0.1) is 93.5 Å². The predicted molar refractivity (Wildman–Crippen MR) is 486 cm³/mol. The highest BCUT2D eigenvalue weighted by Gasteiger charge is 2.36. The molecule has 6 aromatic heterocycles. The average Bonchev–Trinajstić information content (AvgIpc) is 0.843. The molecule has 0 atom stereocenters. The summed E-state index contributed by atoms with van der Waals surface area (Å²) in [5.41, 5.74) is 5.16. The molecule has 4 fully saturated rings. The molecule has 664 valence electrons. The molecule has 4 aliphatic rings. The van der Waals surface area contributed by atoms with Crippen molar-refractivity contribution in [2.24, 2.45) is 28.2 Å². The summed E-state index contributed by atoms with van der Waals surface area (Å²) < 4.78 is 71.4. The number of aryl methyl sites for hydroxylation is 5. The van der Waals surface area contributed by atoms with Gasteiger partial charge in [-0.15, -0.1) is 0 Å². The number of ether oxygens (including phenoxy) is 3. The number of nitrogens with one attached hydrogen (secondary N) is 1. The molecule has 0 saturated carbocycles. The molecule has 4 saturated heterocycles. The lowest BCUT2D eigenvalue weighted by Gasteiger charge is -2.37. The molecular formula is C91H93Cl3FN13O18S. The lowest BCUT2D eigenvalue weighted by atomic mass is 10.0. The van der Waals surface area contributed by atoms with Gasteiger partial charge in [-0.25, -0.2) is 27.2 Å². The number of carbonyl (C=O) groups is 7. The molecule has 127 heavy (non-hydrogen) atoms. The number of anilines is 5. The van der Waals surface area contributed by atoms with Crippen LogP contribution < -0.4 is 46.6 Å². The summed E-state index contributed by atoms with van der Waals surface area (Å²) in [6.45, 7) is 14.4. The molecule has 4 aliphatic heterocycles. The summed E-state index contributed by atoms with van der Waals surface area (Å²) in [7, 11) is 2.85. The number of pyridine rings is 4. The van der Waals surface area contributed by atoms with Crippen molar-refractivity contribution in [2.75, 3.05) is 155 Å². The van der Waals surface area contributed by atoms with Gasteiger partial charge in [-0.3, -0.25) is 43.1 Å². The highest BCUT2D eigenvalue weighted by Crippen LogP contribution is 2.38. The van der Waals surface area contributed by atoms with Crippen LogP contribution in [0.2, 0.25) is 15.1 Å². The highest BCUT2D eigenvalue weighted by atomic mass is 35.5. The molecule has 1 N–H and O–H groups in total. The maximum absolute atomic E-state index is 13.2. The minimum absolute atomic E-state index is 0.00589. The number of fused-ring (bicyclic) bond motifs is 4. The molecule has 0 aliphatic carbocycles. The topological polar surface area (TPSA) is 334 Å². The number of aromatic nitrogens is 4. The number of esters is 3. The number of benzene rings is 6. The molecule has 0 unspecified atom stereocenters. The van der Waals surface area contributed by atoms with Gasteiger partial charge >= 0.3 is 17.9 Å². The highest BCUT2D eigenvalue weighted by molar-refractivity contribution is 7.92. The van der Waals surface area contributed by atoms with E-state index in [4.69, 9.17) is 57.8 Å². The van der Waals surface area contributed by atoms with Crippen molar-refractivity contribution in [2.45, 2.75) is 27.7 Å². The summed E-state index contributed by atoms with van der Waals surface area (Å²) in [6, 6.07) is 42.6. The van der Waals surface area contributed by atoms with Crippen LogP contribution in [0.1, 0.15) is 99.2 Å². The summed E-state index contributed by atoms with van der Waals surface area (Å²) >= 11 is 18.3. The predicted octanol–water partition coefficient (Wildman–Crippen LogP) is 11.5. The Balaban J connectivity index is 0.000000145. The number of halogens is 4. The zero-order chi connectivity index (χ0) is 91.0. The zero-order valence-corrected chi connectivity index (χ0v) is 74.2. The molecule has 36 heteroatoms. The van der Waals surface area contributed by atoms with Crippen LogP contribution in [0.15, 0.2) is 192 Å². The van der Waals surface area contributed by atoms with E-state index in [1.807, 2.05) is 93.3 Å². The first kappa shape index (κ1) is 91.5. The fourth-order valence-electron chi connectivity index (χ4n) is 16.1. The Morgan fingerprint density at radius 1 is 0.394 bits per heavy atom. The summed E-state index contributed by atoms with van der Waals surface area (Å²) in [6.07, 6.45) is 3.94. The maximum atomic E-state index is 13.2. The molecule has 16 rings (SSSR count). The quantitative estimate of drug-likeness (QED) is 0.0693. The number of rotatable bonds is 16. The molecule has 31 nitrogen and oxygen atoms in total. The van der Waals surface area contributed by atoms with Gasteiger partial charge in [0.25, 0.3) is 45.9 Å². The molecule has 0 bridgehead atoms. The van der Waals surface area contributed by atoms with Crippen molar-refractivity contribution in [1.29, 1.82) is 0 Å². The number of hydrogen-bond acceptors (Lipinski definition) is 22. The van der Waals surface area contributed by atoms with E-state index in [0.717, 1.165) is 33.5 Å². The van der Waals surface area contributed by atoms with E-state index < -0.39 is 56.0 Å². The van der Waals surface area contributed by atoms with Gasteiger partial charge in [0.2, 0.25) is 10.0 Å². The fourth-order valence-corrected chi connectivity index (χ4v) is 17.1. The van der Waals surface area contributed by atoms with Crippen LogP contribution >= 0.6 is 34.8 Å². The monoisotopic (exact) mass is 1810 g/mol. The van der Waals surface area contributed by atoms with E-state index in [1.165, 1.54) is 55.1 Å². The zero-order valence-electron chi connectivity index (χ0n) is 71.2. The molecule has 4 amide bonds. The number of furan rings is 2. The lowest BCUT2D eigenvalue weighted by molar-refractivity contribution is 0.0514. The third-order valence-corrected chi connectivity index (χ3v) is 23.9. The van der Waals surface area contributed by atoms with Crippen molar-refractivity contribution in [3.8, 4) is 0 Å². The molecular weight excluding hydrogens is 1720 g/mol. The third-order valence-electron chi connectivity index (χ3n) is 22.4. The van der Waals surface area contributed by atoms with Crippen LogP contribution in [-0.4, -0.2) is 219 Å². The first-order valence-electron chi connectivity index (χ1n) is 41.0. The Morgan fingerprint density at radius 2 is 0.748 bits per heavy atom. The maximum Gasteiger partial charge on any atom is 0.345 e. The van der Waals surface area contributed by atoms with Gasteiger partial charge in [-0.05, 0) is 137 Å². The van der Waals surface area contributed by atoms with Crippen molar-refractivity contribution < 1.29 is 69.4 Å². The van der Waals surface area contributed by atoms with Crippen molar-refractivity contribution in [3.63, 3.8) is 0 Å². The first-order chi connectivity index (χ1) is 60.8. The van der Waals surface area contributed by atoms with Gasteiger partial charge in [0, 0.05) is 171 Å². The largest absolute Gasteiger partial charge is 0.462 e. The lowest BCUT2D eigenvalue weighted by Crippen LogP contribution is -2.49. The van der Waals surface area contributed by atoms with E-state index in [9.17, 15) is 65.5 Å². The number of carbonyl (C=O) groups excluding carboxylic acids is 7. The van der Waals surface area contributed by atoms with Gasteiger partial charge < -0.3 is 80.5 Å². The van der Waals surface area contributed by atoms with E-state index in [1.54, 1.807) is 129 Å². The Kier molecular flexibility index (Phi) is 28.5. The van der Waals surface area contributed by atoms with Gasteiger partial charge in [0.1, 0.15) is 28.2 Å². The average molecular weight is 1810 g/mol. The van der Waals surface area contributed by atoms with Crippen LogP contribution in [0, 0.1) is 12.7 Å². The Morgan fingerprint density at radius 3 is 1.15 bits per heavy atom. The number of sulfonamides is 1. The minimum atomic E-state index is -3.67. The van der Waals surface area contributed by atoms with Crippen LogP contribution in [0.25, 0.3) is 43.6 Å². The number of piperazine rings is 4. The first-order valence-corrected chi connectivity index (χ1v) is 44.0. The van der Waals surface area contributed by atoms with E-state index in [2.05, 4.69) is 4.72 Å². The number of nitrogens with zero attached hydrogens (tertiary/aromatic N) is 12. The van der Waals surface area contributed by atoms with Crippen LogP contribution in [-0.2, 0) is 52.4 Å². The van der Waals surface area contributed by atoms with E-state index in [-0.39, 0.29) is 77.3 Å². The Labute approximate surface area is 743 Å². The fraction of sp³-hybridized carbons (Fsp3) is 0.308. The number of para-hydroxylation sites is 2. The number of amides is 4. The smallest absolute Gasteiger partial charge is 0.345 e. The summed E-state index contributed by atoms with van der Waals surface area (Å²) in [4.78, 5) is 156. The number of hydrogen-bond donors (Lipinski definition) is 1. The summed E-state index contributed by atoms with van der Waals surface area (Å²) in [5.74, 6) is -2.50. The van der Waals surface area contributed by atoms with Crippen molar-refractivity contribution in [1.82, 2.24) is 37.9 Å². The van der Waals surface area contributed by atoms with Crippen molar-refractivity contribution >= 4 is 158 Å². The van der Waals surface area contributed by atoms with Crippen molar-refractivity contribution in [3.05, 3.63) is 271 Å². The SMILES string of the molecule is CCOC(=O)c1c(N2CCN(C(=O)c3ccc(Cl)c(Cl)c3)CC2)c2cc(C)ccc2n(C)c1=O.CCOC(=O)c1c(N2CCN(C(=O)c3ccc(F)cc3)CC2)c2ccccc2n(C)c1=O.CCOC(=O)c1c(N2CCN(C(=O)c3ccco3)CC2)c2cc(Cl)ccc2n(C)c1=O.Cn1c(=O)c(NS(C)(=O)=O)c(N2CCN(C(=O)c3ccco3)CC2)c2ccccc21. The minimum Gasteiger partial charge on any atom is -0.462 e. The molecule has 6 aromatic carbocycles. The summed E-state index contributed by atoms with van der Waals surface area (Å²) in [5, 5.41) is 4.23.